The Bertz CT molecular complexity index is 42.5. The highest BCUT2D eigenvalue weighted by Crippen LogP contribution is 1.88. The summed E-state index contributed by atoms with van der Waals surface area (Å²) in [6.45, 7) is 9.76. The van der Waals surface area contributed by atoms with Gasteiger partial charge in [-0.3, -0.25) is 0 Å². The van der Waals surface area contributed by atoms with E-state index < -0.39 is 0 Å². The van der Waals surface area contributed by atoms with Gasteiger partial charge in [0.2, 0.25) is 0 Å². The van der Waals surface area contributed by atoms with Gasteiger partial charge in [0.15, 0.2) is 0 Å². The highest BCUT2D eigenvalue weighted by Gasteiger charge is 1.95. The SMILES string of the molecule is CC(C)(C)N.CCO.CCO. The third-order valence-corrected chi connectivity index (χ3v) is 0. The van der Waals surface area contributed by atoms with E-state index in [1.165, 1.54) is 0 Å². The first-order valence-corrected chi connectivity index (χ1v) is 3.84. The maximum atomic E-state index is 7.57. The van der Waals surface area contributed by atoms with E-state index in [0.29, 0.717) is 0 Å². The van der Waals surface area contributed by atoms with Crippen molar-refractivity contribution < 1.29 is 10.2 Å². The van der Waals surface area contributed by atoms with Crippen LogP contribution in [0.5, 0.6) is 0 Å². The molecule has 0 rings (SSSR count). The second kappa shape index (κ2) is 12.5. The summed E-state index contributed by atoms with van der Waals surface area (Å²) in [5, 5.41) is 15.1. The van der Waals surface area contributed by atoms with E-state index in [4.69, 9.17) is 15.9 Å². The molecule has 0 spiro atoms. The molecule has 0 heterocycles. The highest BCUT2D eigenvalue weighted by atomic mass is 16.3. The average molecular weight is 165 g/mol. The molecule has 0 aromatic heterocycles. The summed E-state index contributed by atoms with van der Waals surface area (Å²) >= 11 is 0. The van der Waals surface area contributed by atoms with E-state index in [9.17, 15) is 0 Å². The van der Waals surface area contributed by atoms with Crippen molar-refractivity contribution in [2.24, 2.45) is 5.73 Å². The fourth-order valence-corrected chi connectivity index (χ4v) is 0. The predicted octanol–water partition coefficient (Wildman–Crippen LogP) is 0.741. The van der Waals surface area contributed by atoms with Crippen molar-refractivity contribution in [2.75, 3.05) is 13.2 Å². The lowest BCUT2D eigenvalue weighted by molar-refractivity contribution is 0.318. The molecule has 0 fully saturated rings. The number of nitrogens with two attached hydrogens (primary N) is 1. The van der Waals surface area contributed by atoms with Crippen molar-refractivity contribution in [3.8, 4) is 0 Å². The molecule has 0 atom stereocenters. The molecular formula is C8H23NO2. The molecule has 4 N–H and O–H groups in total. The molecule has 0 saturated heterocycles. The van der Waals surface area contributed by atoms with E-state index in [0.717, 1.165) is 0 Å². The largest absolute Gasteiger partial charge is 0.397 e. The van der Waals surface area contributed by atoms with Crippen molar-refractivity contribution >= 4 is 0 Å². The molecule has 0 saturated carbocycles. The summed E-state index contributed by atoms with van der Waals surface area (Å²) in [4.78, 5) is 0. The Hall–Kier alpha value is -0.120. The molecule has 0 unspecified atom stereocenters. The Balaban J connectivity index is -0.0000000933. The lowest BCUT2D eigenvalue weighted by Crippen LogP contribution is -2.26. The molecule has 0 aromatic carbocycles. The second-order valence-electron chi connectivity index (χ2n) is 3.00. The van der Waals surface area contributed by atoms with E-state index >= 15 is 0 Å². The van der Waals surface area contributed by atoms with Gasteiger partial charge in [-0.1, -0.05) is 0 Å². The third-order valence-electron chi connectivity index (χ3n) is 0. The number of rotatable bonds is 0. The summed E-state index contributed by atoms with van der Waals surface area (Å²) < 4.78 is 0. The van der Waals surface area contributed by atoms with Gasteiger partial charge >= 0.3 is 0 Å². The summed E-state index contributed by atoms with van der Waals surface area (Å²) in [5.74, 6) is 0. The van der Waals surface area contributed by atoms with Crippen LogP contribution in [0, 0.1) is 0 Å². The van der Waals surface area contributed by atoms with Crippen LogP contribution in [0.3, 0.4) is 0 Å². The maximum Gasteiger partial charge on any atom is 0.0402 e. The van der Waals surface area contributed by atoms with Gasteiger partial charge in [-0.15, -0.1) is 0 Å². The Morgan fingerprint density at radius 2 is 1.00 bits per heavy atom. The van der Waals surface area contributed by atoms with Crippen LogP contribution in [-0.2, 0) is 0 Å². The number of aliphatic hydroxyl groups excluding tert-OH is 2. The normalized spacial score (nSPS) is 8.73. The zero-order valence-electron chi connectivity index (χ0n) is 8.39. The molecule has 0 aliphatic heterocycles. The molecule has 0 amide bonds. The predicted molar refractivity (Wildman–Crippen MR) is 49.5 cm³/mol. The number of hydrogen-bond donors (Lipinski definition) is 3. The Morgan fingerprint density at radius 1 is 1.00 bits per heavy atom. The minimum atomic E-state index is 0. The lowest BCUT2D eigenvalue weighted by atomic mass is 10.1. The molecule has 0 radical (unpaired) electrons. The smallest absolute Gasteiger partial charge is 0.0402 e. The minimum absolute atomic E-state index is 0. The molecule has 3 heteroatoms. The monoisotopic (exact) mass is 165 g/mol. The molecule has 0 aliphatic rings. The van der Waals surface area contributed by atoms with Gasteiger partial charge in [-0.2, -0.15) is 0 Å². The zero-order chi connectivity index (χ0) is 9.91. The topological polar surface area (TPSA) is 66.5 Å². The minimum Gasteiger partial charge on any atom is -0.397 e. The highest BCUT2D eigenvalue weighted by molar-refractivity contribution is 4.60. The van der Waals surface area contributed by atoms with Crippen molar-refractivity contribution in [3.05, 3.63) is 0 Å². The van der Waals surface area contributed by atoms with Crippen LogP contribution < -0.4 is 5.73 Å². The van der Waals surface area contributed by atoms with Gasteiger partial charge in [0.1, 0.15) is 0 Å². The Labute approximate surface area is 70.2 Å². The fourth-order valence-electron chi connectivity index (χ4n) is 0. The van der Waals surface area contributed by atoms with Gasteiger partial charge in [0.05, 0.1) is 0 Å². The van der Waals surface area contributed by atoms with Crippen molar-refractivity contribution in [1.82, 2.24) is 0 Å². The van der Waals surface area contributed by atoms with Crippen LogP contribution in [0.2, 0.25) is 0 Å². The maximum absolute atomic E-state index is 7.57. The average Bonchev–Trinajstić information content (AvgIpc) is 1.62. The first-order valence-electron chi connectivity index (χ1n) is 3.84. The van der Waals surface area contributed by atoms with Gasteiger partial charge in [0.25, 0.3) is 0 Å². The molecule has 0 bridgehead atoms. The number of aliphatic hydroxyl groups is 2. The van der Waals surface area contributed by atoms with Crippen LogP contribution in [0.4, 0.5) is 0 Å². The number of hydrogen-bond acceptors (Lipinski definition) is 3. The summed E-state index contributed by atoms with van der Waals surface area (Å²) in [7, 11) is 0. The first kappa shape index (κ1) is 17.1. The van der Waals surface area contributed by atoms with Crippen molar-refractivity contribution in [2.45, 2.75) is 40.2 Å². The van der Waals surface area contributed by atoms with E-state index in [1.807, 2.05) is 20.8 Å². The first-order chi connectivity index (χ1) is 4.83. The van der Waals surface area contributed by atoms with Crippen LogP contribution in [0.15, 0.2) is 0 Å². The Kier molecular flexibility index (Phi) is 19.5. The lowest BCUT2D eigenvalue weighted by Gasteiger charge is -2.06. The zero-order valence-corrected chi connectivity index (χ0v) is 8.39. The molecule has 0 aliphatic carbocycles. The Morgan fingerprint density at radius 3 is 1.00 bits per heavy atom. The van der Waals surface area contributed by atoms with Crippen LogP contribution in [0.1, 0.15) is 34.6 Å². The van der Waals surface area contributed by atoms with Gasteiger partial charge in [-0.25, -0.2) is 0 Å². The summed E-state index contributed by atoms with van der Waals surface area (Å²) in [5.41, 5.74) is 5.35. The van der Waals surface area contributed by atoms with Crippen LogP contribution in [-0.4, -0.2) is 29.0 Å². The second-order valence-corrected chi connectivity index (χ2v) is 3.00. The van der Waals surface area contributed by atoms with E-state index in [-0.39, 0.29) is 18.8 Å². The van der Waals surface area contributed by atoms with Crippen LogP contribution >= 0.6 is 0 Å². The molecule has 72 valence electrons. The quantitative estimate of drug-likeness (QED) is 0.496. The molecular weight excluding hydrogens is 142 g/mol. The van der Waals surface area contributed by atoms with Crippen LogP contribution in [0.25, 0.3) is 0 Å². The third kappa shape index (κ3) is 42600. The molecule has 0 aromatic rings. The van der Waals surface area contributed by atoms with Crippen molar-refractivity contribution in [1.29, 1.82) is 0 Å². The van der Waals surface area contributed by atoms with E-state index in [1.54, 1.807) is 13.8 Å². The van der Waals surface area contributed by atoms with Gasteiger partial charge < -0.3 is 15.9 Å². The fraction of sp³-hybridized carbons (Fsp3) is 1.00. The summed E-state index contributed by atoms with van der Waals surface area (Å²) in [6, 6.07) is 0. The molecule has 11 heavy (non-hydrogen) atoms. The van der Waals surface area contributed by atoms with Gasteiger partial charge in [0, 0.05) is 18.8 Å². The molecule has 3 nitrogen and oxygen atoms in total. The summed E-state index contributed by atoms with van der Waals surface area (Å²) in [6.07, 6.45) is 0. The van der Waals surface area contributed by atoms with Gasteiger partial charge in [-0.05, 0) is 34.6 Å². The standard InChI is InChI=1S/C4H11N.2C2H6O/c1-4(2,3)5;2*1-2-3/h5H2,1-3H3;2*3H,2H2,1H3. The van der Waals surface area contributed by atoms with E-state index in [2.05, 4.69) is 0 Å². The van der Waals surface area contributed by atoms with Crippen molar-refractivity contribution in [3.63, 3.8) is 0 Å².